The molecule has 0 saturated carbocycles. The first kappa shape index (κ1) is 15.5. The molecule has 6 heteroatoms. The van der Waals surface area contributed by atoms with Crippen molar-refractivity contribution in [3.05, 3.63) is 59.6 Å². The Labute approximate surface area is 146 Å². The minimum atomic E-state index is 0.292. The molecule has 1 fully saturated rings. The Bertz CT molecular complexity index is 795. The van der Waals surface area contributed by atoms with E-state index in [1.54, 1.807) is 11.3 Å². The Hall–Kier alpha value is -2.02. The molecule has 124 valence electrons. The van der Waals surface area contributed by atoms with Crippen LogP contribution in [0.1, 0.15) is 17.6 Å². The van der Waals surface area contributed by atoms with Crippen molar-refractivity contribution in [1.82, 2.24) is 24.8 Å². The predicted molar refractivity (Wildman–Crippen MR) is 96.8 cm³/mol. The number of aromatic nitrogens is 3. The number of imidazole rings is 1. The lowest BCUT2D eigenvalue weighted by Crippen LogP contribution is -2.46. The molecular formula is C18H21N5S. The largest absolute Gasteiger partial charge is 0.337 e. The first-order chi connectivity index (χ1) is 11.8. The van der Waals surface area contributed by atoms with Crippen LogP contribution < -0.4 is 5.32 Å². The summed E-state index contributed by atoms with van der Waals surface area (Å²) in [5.41, 5.74) is 2.33. The normalized spacial score (nSPS) is 18.8. The van der Waals surface area contributed by atoms with Crippen molar-refractivity contribution < 1.29 is 0 Å². The highest BCUT2D eigenvalue weighted by Crippen LogP contribution is 2.26. The third-order valence-electron chi connectivity index (χ3n) is 4.45. The van der Waals surface area contributed by atoms with Gasteiger partial charge in [-0.25, -0.2) is 9.97 Å². The van der Waals surface area contributed by atoms with Crippen LogP contribution in [-0.2, 0) is 13.6 Å². The molecule has 1 saturated heterocycles. The Balaban J connectivity index is 1.53. The van der Waals surface area contributed by atoms with Crippen molar-refractivity contribution in [1.29, 1.82) is 0 Å². The molecule has 2 aromatic heterocycles. The maximum absolute atomic E-state index is 4.84. The molecule has 1 aliphatic rings. The van der Waals surface area contributed by atoms with E-state index in [0.29, 0.717) is 6.04 Å². The third kappa shape index (κ3) is 3.13. The Kier molecular flexibility index (Phi) is 4.42. The van der Waals surface area contributed by atoms with Crippen LogP contribution in [-0.4, -0.2) is 39.1 Å². The number of aryl methyl sites for hydroxylation is 1. The van der Waals surface area contributed by atoms with Crippen LogP contribution in [0.15, 0.2) is 48.1 Å². The molecule has 5 nitrogen and oxygen atoms in total. The Morgan fingerprint density at radius 2 is 2.17 bits per heavy atom. The van der Waals surface area contributed by atoms with Gasteiger partial charge < -0.3 is 9.88 Å². The summed E-state index contributed by atoms with van der Waals surface area (Å²) in [6.45, 7) is 3.81. The summed E-state index contributed by atoms with van der Waals surface area (Å²) in [7, 11) is 2.06. The number of rotatable bonds is 4. The number of nitrogens with one attached hydrogen (secondary N) is 1. The van der Waals surface area contributed by atoms with Gasteiger partial charge in [0, 0.05) is 56.6 Å². The second-order valence-electron chi connectivity index (χ2n) is 6.10. The zero-order valence-electron chi connectivity index (χ0n) is 13.7. The van der Waals surface area contributed by atoms with E-state index in [1.165, 1.54) is 5.56 Å². The molecule has 0 aliphatic carbocycles. The summed E-state index contributed by atoms with van der Waals surface area (Å²) in [5.74, 6) is 1.11. The topological polar surface area (TPSA) is 46.0 Å². The van der Waals surface area contributed by atoms with Gasteiger partial charge >= 0.3 is 0 Å². The van der Waals surface area contributed by atoms with Gasteiger partial charge in [-0.2, -0.15) is 0 Å². The first-order valence-corrected chi connectivity index (χ1v) is 9.11. The fourth-order valence-corrected chi connectivity index (χ4v) is 4.01. The fraction of sp³-hybridized carbons (Fsp3) is 0.333. The molecule has 24 heavy (non-hydrogen) atoms. The molecule has 0 amide bonds. The highest BCUT2D eigenvalue weighted by molar-refractivity contribution is 7.13. The van der Waals surface area contributed by atoms with Gasteiger partial charge in [0.15, 0.2) is 0 Å². The number of piperazine rings is 1. The van der Waals surface area contributed by atoms with E-state index in [1.807, 2.05) is 18.5 Å². The molecule has 1 aliphatic heterocycles. The van der Waals surface area contributed by atoms with E-state index in [0.717, 1.165) is 42.7 Å². The van der Waals surface area contributed by atoms with E-state index >= 15 is 0 Å². The first-order valence-electron chi connectivity index (χ1n) is 8.23. The minimum Gasteiger partial charge on any atom is -0.337 e. The Morgan fingerprint density at radius 3 is 2.96 bits per heavy atom. The molecule has 1 N–H and O–H groups in total. The van der Waals surface area contributed by atoms with E-state index in [9.17, 15) is 0 Å². The predicted octanol–water partition coefficient (Wildman–Crippen LogP) is 2.69. The number of hydrogen-bond acceptors (Lipinski definition) is 5. The zero-order valence-corrected chi connectivity index (χ0v) is 14.5. The Morgan fingerprint density at radius 1 is 1.29 bits per heavy atom. The lowest BCUT2D eigenvalue weighted by molar-refractivity contribution is 0.143. The molecule has 4 rings (SSSR count). The second-order valence-corrected chi connectivity index (χ2v) is 6.95. The molecule has 1 aromatic carbocycles. The van der Waals surface area contributed by atoms with Gasteiger partial charge in [0.2, 0.25) is 0 Å². The second kappa shape index (κ2) is 6.84. The molecule has 0 bridgehead atoms. The standard InChI is InChI=1S/C18H21N5S/c1-22-9-8-20-17(22)16-11-19-7-10-23(16)12-15-13-24-18(21-15)14-5-3-2-4-6-14/h2-6,8-9,13,16,19H,7,10-12H2,1H3. The maximum atomic E-state index is 4.84. The minimum absolute atomic E-state index is 0.292. The van der Waals surface area contributed by atoms with Crippen LogP contribution in [0.5, 0.6) is 0 Å². The van der Waals surface area contributed by atoms with Crippen LogP contribution in [0.4, 0.5) is 0 Å². The van der Waals surface area contributed by atoms with Gasteiger partial charge in [-0.3, -0.25) is 4.90 Å². The quantitative estimate of drug-likeness (QED) is 0.794. The van der Waals surface area contributed by atoms with Crippen molar-refractivity contribution in [3.8, 4) is 10.6 Å². The lowest BCUT2D eigenvalue weighted by atomic mass is 10.1. The monoisotopic (exact) mass is 339 g/mol. The number of thiazole rings is 1. The van der Waals surface area contributed by atoms with Crippen LogP contribution in [0, 0.1) is 0 Å². The lowest BCUT2D eigenvalue weighted by Gasteiger charge is -2.35. The molecule has 3 heterocycles. The van der Waals surface area contributed by atoms with Crippen LogP contribution in [0.25, 0.3) is 10.6 Å². The van der Waals surface area contributed by atoms with Crippen LogP contribution in [0.3, 0.4) is 0 Å². The van der Waals surface area contributed by atoms with Crippen molar-refractivity contribution in [2.45, 2.75) is 12.6 Å². The molecular weight excluding hydrogens is 318 g/mol. The van der Waals surface area contributed by atoms with Gasteiger partial charge in [0.25, 0.3) is 0 Å². The number of hydrogen-bond donors (Lipinski definition) is 1. The van der Waals surface area contributed by atoms with Crippen molar-refractivity contribution in [2.75, 3.05) is 19.6 Å². The average Bonchev–Trinajstić information content (AvgIpc) is 3.25. The van der Waals surface area contributed by atoms with Crippen molar-refractivity contribution in [2.24, 2.45) is 7.05 Å². The third-order valence-corrected chi connectivity index (χ3v) is 5.39. The molecule has 1 unspecified atom stereocenters. The van der Waals surface area contributed by atoms with Crippen molar-refractivity contribution in [3.63, 3.8) is 0 Å². The van der Waals surface area contributed by atoms with Gasteiger partial charge in [0.1, 0.15) is 10.8 Å². The SMILES string of the molecule is Cn1ccnc1C1CNCCN1Cc1csc(-c2ccccc2)n1. The molecule has 0 spiro atoms. The highest BCUT2D eigenvalue weighted by Gasteiger charge is 2.27. The molecule has 0 radical (unpaired) electrons. The summed E-state index contributed by atoms with van der Waals surface area (Å²) in [4.78, 5) is 11.9. The van der Waals surface area contributed by atoms with E-state index in [4.69, 9.17) is 4.98 Å². The summed E-state index contributed by atoms with van der Waals surface area (Å²) in [6.07, 6.45) is 3.89. The molecule has 3 aromatic rings. The van der Waals surface area contributed by atoms with Crippen molar-refractivity contribution >= 4 is 11.3 Å². The summed E-state index contributed by atoms with van der Waals surface area (Å²) in [6, 6.07) is 10.7. The van der Waals surface area contributed by atoms with Gasteiger partial charge in [0.05, 0.1) is 11.7 Å². The van der Waals surface area contributed by atoms with Crippen LogP contribution >= 0.6 is 11.3 Å². The number of benzene rings is 1. The van der Waals surface area contributed by atoms with Gasteiger partial charge in [-0.1, -0.05) is 30.3 Å². The van der Waals surface area contributed by atoms with E-state index in [2.05, 4.69) is 56.5 Å². The summed E-state index contributed by atoms with van der Waals surface area (Å²) >= 11 is 1.72. The maximum Gasteiger partial charge on any atom is 0.127 e. The van der Waals surface area contributed by atoms with Gasteiger partial charge in [-0.15, -0.1) is 11.3 Å². The molecule has 1 atom stereocenters. The van der Waals surface area contributed by atoms with E-state index < -0.39 is 0 Å². The van der Waals surface area contributed by atoms with E-state index in [-0.39, 0.29) is 0 Å². The fourth-order valence-electron chi connectivity index (χ4n) is 3.19. The summed E-state index contributed by atoms with van der Waals surface area (Å²) in [5, 5.41) is 6.76. The number of nitrogens with zero attached hydrogens (tertiary/aromatic N) is 4. The smallest absolute Gasteiger partial charge is 0.127 e. The highest BCUT2D eigenvalue weighted by atomic mass is 32.1. The zero-order chi connectivity index (χ0) is 16.4. The van der Waals surface area contributed by atoms with Crippen LogP contribution in [0.2, 0.25) is 0 Å². The summed E-state index contributed by atoms with van der Waals surface area (Å²) < 4.78 is 2.11. The average molecular weight is 339 g/mol. The van der Waals surface area contributed by atoms with Gasteiger partial charge in [-0.05, 0) is 0 Å².